The van der Waals surface area contributed by atoms with Crippen LogP contribution in [0.5, 0.6) is 0 Å². The molecule has 1 aliphatic carbocycles. The maximum Gasteiger partial charge on any atom is 0.0476 e. The summed E-state index contributed by atoms with van der Waals surface area (Å²) in [6.07, 6.45) is 7.03. The van der Waals surface area contributed by atoms with Crippen molar-refractivity contribution >= 4 is 0 Å². The minimum absolute atomic E-state index is 0.414. The van der Waals surface area contributed by atoms with Gasteiger partial charge in [-0.05, 0) is 74.8 Å². The highest BCUT2D eigenvalue weighted by Gasteiger charge is 2.39. The fraction of sp³-hybridized carbons (Fsp3) is 0.684. The van der Waals surface area contributed by atoms with Gasteiger partial charge in [-0.3, -0.25) is 4.90 Å². The third-order valence-corrected chi connectivity index (χ3v) is 5.92. The molecule has 1 saturated carbocycles. The predicted molar refractivity (Wildman–Crippen MR) is 89.5 cm³/mol. The van der Waals surface area contributed by atoms with Crippen LogP contribution in [0.3, 0.4) is 0 Å². The highest BCUT2D eigenvalue weighted by atomic mass is 15.2. The highest BCUT2D eigenvalue weighted by Crippen LogP contribution is 2.41. The van der Waals surface area contributed by atoms with Gasteiger partial charge in [0.1, 0.15) is 0 Å². The zero-order valence-corrected chi connectivity index (χ0v) is 13.9. The van der Waals surface area contributed by atoms with E-state index in [1.165, 1.54) is 60.9 Å². The van der Waals surface area contributed by atoms with Gasteiger partial charge in [0.2, 0.25) is 0 Å². The van der Waals surface area contributed by atoms with Crippen molar-refractivity contribution in [2.24, 2.45) is 11.7 Å². The summed E-state index contributed by atoms with van der Waals surface area (Å²) in [6.45, 7) is 8.66. The van der Waals surface area contributed by atoms with Crippen LogP contribution in [0.1, 0.15) is 60.4 Å². The Bertz CT molecular complexity index is 509. The molecule has 2 fully saturated rings. The number of aryl methyl sites for hydroxylation is 3. The summed E-state index contributed by atoms with van der Waals surface area (Å²) in [6, 6.07) is 5.92. The molecule has 3 rings (SSSR count). The van der Waals surface area contributed by atoms with Gasteiger partial charge in [-0.15, -0.1) is 0 Å². The Labute approximate surface area is 129 Å². The zero-order valence-electron chi connectivity index (χ0n) is 13.9. The molecule has 2 N–H and O–H groups in total. The van der Waals surface area contributed by atoms with E-state index < -0.39 is 0 Å². The molecule has 0 bridgehead atoms. The number of nitrogens with zero attached hydrogens (tertiary/aromatic N) is 1. The predicted octanol–water partition coefficient (Wildman–Crippen LogP) is 3.88. The van der Waals surface area contributed by atoms with E-state index in [4.69, 9.17) is 5.73 Å². The number of hydrogen-bond donors (Lipinski definition) is 1. The number of fused-ring (bicyclic) bond motifs is 1. The van der Waals surface area contributed by atoms with E-state index >= 15 is 0 Å². The van der Waals surface area contributed by atoms with Crippen molar-refractivity contribution in [3.8, 4) is 0 Å². The normalized spacial score (nSPS) is 27.6. The average Bonchev–Trinajstić information content (AvgIpc) is 2.89. The van der Waals surface area contributed by atoms with Crippen molar-refractivity contribution in [3.05, 3.63) is 34.4 Å². The third-order valence-electron chi connectivity index (χ3n) is 5.92. The monoisotopic (exact) mass is 286 g/mol. The van der Waals surface area contributed by atoms with Crippen LogP contribution in [0.15, 0.2) is 12.1 Å². The van der Waals surface area contributed by atoms with Crippen molar-refractivity contribution in [1.29, 1.82) is 0 Å². The average molecular weight is 286 g/mol. The summed E-state index contributed by atoms with van der Waals surface area (Å²) in [7, 11) is 0. The SMILES string of the molecule is Cc1cc(C)c(C(CN)N2CCC3CCCCC32)cc1C. The Hall–Kier alpha value is -0.860. The van der Waals surface area contributed by atoms with E-state index in [1.54, 1.807) is 0 Å². The van der Waals surface area contributed by atoms with E-state index in [1.807, 2.05) is 0 Å². The van der Waals surface area contributed by atoms with Crippen LogP contribution in [0.25, 0.3) is 0 Å². The molecule has 0 amide bonds. The molecule has 2 nitrogen and oxygen atoms in total. The van der Waals surface area contributed by atoms with Crippen molar-refractivity contribution in [2.45, 2.75) is 65.0 Å². The van der Waals surface area contributed by atoms with Crippen molar-refractivity contribution in [1.82, 2.24) is 4.90 Å². The molecule has 1 aromatic carbocycles. The molecule has 0 radical (unpaired) electrons. The van der Waals surface area contributed by atoms with Gasteiger partial charge < -0.3 is 5.73 Å². The van der Waals surface area contributed by atoms with Gasteiger partial charge in [0.25, 0.3) is 0 Å². The lowest BCUT2D eigenvalue weighted by Crippen LogP contribution is -2.40. The number of benzene rings is 1. The lowest BCUT2D eigenvalue weighted by Gasteiger charge is -2.37. The van der Waals surface area contributed by atoms with Gasteiger partial charge in [-0.2, -0.15) is 0 Å². The number of likely N-dealkylation sites (tertiary alicyclic amines) is 1. The molecule has 2 aliphatic rings. The molecule has 1 aliphatic heterocycles. The van der Waals surface area contributed by atoms with Crippen molar-refractivity contribution < 1.29 is 0 Å². The van der Waals surface area contributed by atoms with Gasteiger partial charge in [-0.25, -0.2) is 0 Å². The van der Waals surface area contributed by atoms with E-state index in [2.05, 4.69) is 37.8 Å². The summed E-state index contributed by atoms with van der Waals surface area (Å²) in [4.78, 5) is 2.74. The quantitative estimate of drug-likeness (QED) is 0.914. The number of rotatable bonds is 3. The number of nitrogens with two attached hydrogens (primary N) is 1. The van der Waals surface area contributed by atoms with Gasteiger partial charge in [0, 0.05) is 18.6 Å². The molecule has 2 heteroatoms. The topological polar surface area (TPSA) is 29.3 Å². The zero-order chi connectivity index (χ0) is 15.0. The fourth-order valence-corrected chi connectivity index (χ4v) is 4.61. The van der Waals surface area contributed by atoms with Gasteiger partial charge >= 0.3 is 0 Å². The summed E-state index contributed by atoms with van der Waals surface area (Å²) in [5.41, 5.74) is 11.9. The maximum absolute atomic E-state index is 6.22. The van der Waals surface area contributed by atoms with Crippen LogP contribution < -0.4 is 5.73 Å². The summed E-state index contributed by atoms with van der Waals surface area (Å²) >= 11 is 0. The van der Waals surface area contributed by atoms with E-state index in [-0.39, 0.29) is 0 Å². The first-order valence-electron chi connectivity index (χ1n) is 8.65. The molecular formula is C19H30N2. The molecule has 3 unspecified atom stereocenters. The lowest BCUT2D eigenvalue weighted by molar-refractivity contribution is 0.135. The standard InChI is InChI=1S/C19H30N2/c1-13-10-15(3)17(11-14(13)2)19(12-20)21-9-8-16-6-4-5-7-18(16)21/h10-11,16,18-19H,4-9,12,20H2,1-3H3. The van der Waals surface area contributed by atoms with Crippen LogP contribution in [0.2, 0.25) is 0 Å². The first kappa shape index (κ1) is 15.1. The van der Waals surface area contributed by atoms with Gasteiger partial charge in [0.05, 0.1) is 0 Å². The first-order valence-corrected chi connectivity index (χ1v) is 8.65. The second-order valence-corrected chi connectivity index (χ2v) is 7.18. The van der Waals surface area contributed by atoms with E-state index in [0.29, 0.717) is 6.04 Å². The summed E-state index contributed by atoms with van der Waals surface area (Å²) in [5, 5.41) is 0. The van der Waals surface area contributed by atoms with Gasteiger partial charge in [0.15, 0.2) is 0 Å². The van der Waals surface area contributed by atoms with E-state index in [0.717, 1.165) is 18.5 Å². The second-order valence-electron chi connectivity index (χ2n) is 7.18. The van der Waals surface area contributed by atoms with Gasteiger partial charge in [-0.1, -0.05) is 25.0 Å². The highest BCUT2D eigenvalue weighted by molar-refractivity contribution is 5.38. The minimum atomic E-state index is 0.414. The lowest BCUT2D eigenvalue weighted by atomic mass is 9.84. The third kappa shape index (κ3) is 2.76. The Morgan fingerprint density at radius 1 is 1.05 bits per heavy atom. The van der Waals surface area contributed by atoms with Crippen LogP contribution in [0.4, 0.5) is 0 Å². The Balaban J connectivity index is 1.90. The molecule has 0 aromatic heterocycles. The fourth-order valence-electron chi connectivity index (χ4n) is 4.61. The summed E-state index contributed by atoms with van der Waals surface area (Å²) < 4.78 is 0. The largest absolute Gasteiger partial charge is 0.329 e. The van der Waals surface area contributed by atoms with Crippen molar-refractivity contribution in [2.75, 3.05) is 13.1 Å². The molecule has 21 heavy (non-hydrogen) atoms. The second kappa shape index (κ2) is 6.10. The number of hydrogen-bond acceptors (Lipinski definition) is 2. The molecule has 0 spiro atoms. The Morgan fingerprint density at radius 2 is 1.76 bits per heavy atom. The Morgan fingerprint density at radius 3 is 2.52 bits per heavy atom. The molecular weight excluding hydrogens is 256 g/mol. The Kier molecular flexibility index (Phi) is 4.37. The van der Waals surface area contributed by atoms with Crippen LogP contribution >= 0.6 is 0 Å². The maximum atomic E-state index is 6.22. The first-order chi connectivity index (χ1) is 10.1. The summed E-state index contributed by atoms with van der Waals surface area (Å²) in [5.74, 6) is 0.930. The minimum Gasteiger partial charge on any atom is -0.329 e. The van der Waals surface area contributed by atoms with Crippen LogP contribution in [0, 0.1) is 26.7 Å². The van der Waals surface area contributed by atoms with Crippen LogP contribution in [-0.4, -0.2) is 24.0 Å². The smallest absolute Gasteiger partial charge is 0.0476 e. The molecule has 1 heterocycles. The molecule has 116 valence electrons. The molecule has 3 atom stereocenters. The van der Waals surface area contributed by atoms with Crippen LogP contribution in [-0.2, 0) is 0 Å². The molecule has 1 aromatic rings. The van der Waals surface area contributed by atoms with E-state index in [9.17, 15) is 0 Å². The van der Waals surface area contributed by atoms with Crippen molar-refractivity contribution in [3.63, 3.8) is 0 Å². The molecule has 1 saturated heterocycles.